The van der Waals surface area contributed by atoms with Gasteiger partial charge in [-0.2, -0.15) is 0 Å². The lowest BCUT2D eigenvalue weighted by Crippen LogP contribution is -2.38. The predicted octanol–water partition coefficient (Wildman–Crippen LogP) is 4.80. The monoisotopic (exact) mass is 567 g/mol. The molecule has 0 bridgehead atoms. The van der Waals surface area contributed by atoms with Gasteiger partial charge in [0.25, 0.3) is 11.8 Å². The number of benzene rings is 3. The van der Waals surface area contributed by atoms with E-state index >= 15 is 0 Å². The second kappa shape index (κ2) is 13.5. The molecule has 8 nitrogen and oxygen atoms in total. The predicted molar refractivity (Wildman–Crippen MR) is 154 cm³/mol. The summed E-state index contributed by atoms with van der Waals surface area (Å²) in [5, 5.41) is 6.98. The number of urea groups is 1. The molecule has 1 saturated heterocycles. The van der Waals surface area contributed by atoms with Crippen LogP contribution in [0.1, 0.15) is 38.3 Å². The molecule has 1 heterocycles. The molecule has 4 amide bonds. The van der Waals surface area contributed by atoms with Crippen molar-refractivity contribution in [1.29, 1.82) is 0 Å². The number of anilines is 1. The van der Waals surface area contributed by atoms with E-state index in [4.69, 9.17) is 28.9 Å². The number of nitrogens with two attached hydrogens (primary N) is 1. The average molecular weight is 569 g/mol. The molecular formula is C29H31Cl2N5O3. The molecule has 0 aromatic heterocycles. The Morgan fingerprint density at radius 2 is 1.59 bits per heavy atom. The van der Waals surface area contributed by atoms with Crippen molar-refractivity contribution < 1.29 is 14.4 Å². The van der Waals surface area contributed by atoms with Gasteiger partial charge in [-0.25, -0.2) is 4.79 Å². The molecule has 0 saturated carbocycles. The molecule has 1 fully saturated rings. The van der Waals surface area contributed by atoms with Crippen molar-refractivity contribution in [3.05, 3.63) is 99.0 Å². The third kappa shape index (κ3) is 8.20. The van der Waals surface area contributed by atoms with Crippen LogP contribution in [0.2, 0.25) is 10.0 Å². The van der Waals surface area contributed by atoms with Gasteiger partial charge in [-0.1, -0.05) is 47.5 Å². The fourth-order valence-corrected chi connectivity index (χ4v) is 4.77. The smallest absolute Gasteiger partial charge is 0.314 e. The molecule has 1 aliphatic rings. The molecule has 0 radical (unpaired) electrons. The molecule has 204 valence electrons. The summed E-state index contributed by atoms with van der Waals surface area (Å²) in [5.41, 5.74) is 8.69. The van der Waals surface area contributed by atoms with Crippen molar-refractivity contribution in [2.45, 2.75) is 19.4 Å². The number of nitrogens with one attached hydrogen (secondary N) is 2. The molecule has 0 unspecified atom stereocenters. The molecule has 39 heavy (non-hydrogen) atoms. The minimum absolute atomic E-state index is 0.256. The molecule has 4 N–H and O–H groups in total. The van der Waals surface area contributed by atoms with Gasteiger partial charge in [0.1, 0.15) is 0 Å². The van der Waals surface area contributed by atoms with Crippen molar-refractivity contribution in [1.82, 2.24) is 15.1 Å². The van der Waals surface area contributed by atoms with Crippen LogP contribution in [-0.4, -0.2) is 60.4 Å². The number of halogens is 2. The summed E-state index contributed by atoms with van der Waals surface area (Å²) in [6, 6.07) is 18.9. The van der Waals surface area contributed by atoms with Gasteiger partial charge in [-0.3, -0.25) is 9.59 Å². The van der Waals surface area contributed by atoms with E-state index in [0.717, 1.165) is 37.2 Å². The van der Waals surface area contributed by atoms with E-state index < -0.39 is 6.03 Å². The van der Waals surface area contributed by atoms with Crippen LogP contribution in [0.3, 0.4) is 0 Å². The molecule has 4 rings (SSSR count). The fourth-order valence-electron chi connectivity index (χ4n) is 4.46. The summed E-state index contributed by atoms with van der Waals surface area (Å²) in [7, 11) is 0. The van der Waals surface area contributed by atoms with Gasteiger partial charge in [0.2, 0.25) is 0 Å². The molecule has 0 spiro atoms. The molecule has 0 atom stereocenters. The third-order valence-corrected chi connectivity index (χ3v) is 7.16. The Balaban J connectivity index is 1.49. The van der Waals surface area contributed by atoms with Gasteiger partial charge in [-0.15, -0.1) is 0 Å². The topological polar surface area (TPSA) is 108 Å². The van der Waals surface area contributed by atoms with Crippen molar-refractivity contribution in [3.8, 4) is 0 Å². The quantitative estimate of drug-likeness (QED) is 0.363. The van der Waals surface area contributed by atoms with Gasteiger partial charge in [0.05, 0.1) is 0 Å². The van der Waals surface area contributed by atoms with Crippen molar-refractivity contribution in [3.63, 3.8) is 0 Å². The van der Waals surface area contributed by atoms with Crippen LogP contribution in [0.5, 0.6) is 0 Å². The maximum Gasteiger partial charge on any atom is 0.314 e. The van der Waals surface area contributed by atoms with E-state index in [1.54, 1.807) is 53.4 Å². The third-order valence-electron chi connectivity index (χ3n) is 6.67. The van der Waals surface area contributed by atoms with Crippen LogP contribution in [0.15, 0.2) is 66.7 Å². The zero-order chi connectivity index (χ0) is 27.8. The maximum absolute atomic E-state index is 13.0. The number of hydrogen-bond acceptors (Lipinski definition) is 4. The van der Waals surface area contributed by atoms with Crippen LogP contribution in [0, 0.1) is 0 Å². The SMILES string of the molecule is NC(=O)N1CCCN(CCc2ccc(C(=O)NCc3ccc(Cl)cc3)cc2NC(=O)c2cccc(Cl)c2)CC1. The fraction of sp³-hybridized carbons (Fsp3) is 0.276. The van der Waals surface area contributed by atoms with Crippen molar-refractivity contribution >= 4 is 46.7 Å². The van der Waals surface area contributed by atoms with Crippen molar-refractivity contribution in [2.75, 3.05) is 38.0 Å². The highest BCUT2D eigenvalue weighted by Gasteiger charge is 2.18. The first kappa shape index (κ1) is 28.4. The zero-order valence-electron chi connectivity index (χ0n) is 21.5. The van der Waals surface area contributed by atoms with Gasteiger partial charge < -0.3 is 26.2 Å². The molecule has 3 aromatic rings. The summed E-state index contributed by atoms with van der Waals surface area (Å²) in [4.78, 5) is 41.5. The normalized spacial score (nSPS) is 13.9. The van der Waals surface area contributed by atoms with Crippen LogP contribution in [0.25, 0.3) is 0 Å². The van der Waals surface area contributed by atoms with E-state index in [0.29, 0.717) is 52.9 Å². The largest absolute Gasteiger partial charge is 0.351 e. The number of amides is 4. The van der Waals surface area contributed by atoms with Crippen LogP contribution < -0.4 is 16.4 Å². The summed E-state index contributed by atoms with van der Waals surface area (Å²) >= 11 is 12.0. The number of hydrogen-bond donors (Lipinski definition) is 3. The average Bonchev–Trinajstić information content (AvgIpc) is 3.18. The molecular weight excluding hydrogens is 537 g/mol. The highest BCUT2D eigenvalue weighted by atomic mass is 35.5. The summed E-state index contributed by atoms with van der Waals surface area (Å²) in [6.45, 7) is 3.87. The van der Waals surface area contributed by atoms with E-state index in [1.165, 1.54) is 0 Å². The Morgan fingerprint density at radius 3 is 2.33 bits per heavy atom. The van der Waals surface area contributed by atoms with Gasteiger partial charge in [0, 0.05) is 59.6 Å². The van der Waals surface area contributed by atoms with E-state index in [2.05, 4.69) is 15.5 Å². The number of rotatable bonds is 8. The molecule has 10 heteroatoms. The van der Waals surface area contributed by atoms with Crippen LogP contribution in [-0.2, 0) is 13.0 Å². The Morgan fingerprint density at radius 1 is 0.821 bits per heavy atom. The number of carbonyl (C=O) groups excluding carboxylic acids is 3. The number of carbonyl (C=O) groups is 3. The Hall–Kier alpha value is -3.59. The summed E-state index contributed by atoms with van der Waals surface area (Å²) in [5.74, 6) is -0.571. The van der Waals surface area contributed by atoms with Gasteiger partial charge >= 0.3 is 6.03 Å². The lowest BCUT2D eigenvalue weighted by Gasteiger charge is -2.21. The molecule has 3 aromatic carbocycles. The molecule has 1 aliphatic heterocycles. The van der Waals surface area contributed by atoms with E-state index in [9.17, 15) is 14.4 Å². The zero-order valence-corrected chi connectivity index (χ0v) is 23.0. The lowest BCUT2D eigenvalue weighted by atomic mass is 10.0. The highest BCUT2D eigenvalue weighted by Crippen LogP contribution is 2.22. The number of nitrogens with zero attached hydrogens (tertiary/aromatic N) is 2. The second-order valence-corrected chi connectivity index (χ2v) is 10.3. The first-order chi connectivity index (χ1) is 18.8. The van der Waals surface area contributed by atoms with E-state index in [-0.39, 0.29) is 11.8 Å². The first-order valence-corrected chi connectivity index (χ1v) is 13.5. The van der Waals surface area contributed by atoms with Crippen LogP contribution in [0.4, 0.5) is 10.5 Å². The Labute approximate surface area is 238 Å². The van der Waals surface area contributed by atoms with Gasteiger partial charge in [0.15, 0.2) is 0 Å². The van der Waals surface area contributed by atoms with Crippen LogP contribution >= 0.6 is 23.2 Å². The summed E-state index contributed by atoms with van der Waals surface area (Å²) in [6.07, 6.45) is 1.49. The lowest BCUT2D eigenvalue weighted by molar-refractivity contribution is 0.0949. The Kier molecular flexibility index (Phi) is 9.81. The Bertz CT molecular complexity index is 1330. The van der Waals surface area contributed by atoms with Crippen molar-refractivity contribution in [2.24, 2.45) is 5.73 Å². The molecule has 0 aliphatic carbocycles. The minimum Gasteiger partial charge on any atom is -0.351 e. The van der Waals surface area contributed by atoms with Gasteiger partial charge in [-0.05, 0) is 73.0 Å². The first-order valence-electron chi connectivity index (χ1n) is 12.8. The maximum atomic E-state index is 13.0. The standard InChI is InChI=1S/C29H31Cl2N5O3/c30-24-9-5-20(6-10-24)19-33-27(37)23-8-7-21(11-14-35-12-2-13-36(16-15-35)29(32)39)26(18-23)34-28(38)22-3-1-4-25(31)17-22/h1,3-10,17-18H,2,11-16,19H2,(H2,32,39)(H,33,37)(H,34,38). The second-order valence-electron chi connectivity index (χ2n) is 9.42. The minimum atomic E-state index is -0.396. The number of primary amides is 1. The van der Waals surface area contributed by atoms with E-state index in [1.807, 2.05) is 18.2 Å². The highest BCUT2D eigenvalue weighted by molar-refractivity contribution is 6.31. The summed E-state index contributed by atoms with van der Waals surface area (Å²) < 4.78 is 0.